The average molecular weight is 142 g/mol. The third kappa shape index (κ3) is 1.18. The lowest BCUT2D eigenvalue weighted by atomic mass is 10.3. The zero-order chi connectivity index (χ0) is 7.78. The van der Waals surface area contributed by atoms with Crippen LogP contribution in [0.25, 0.3) is 0 Å². The Kier molecular flexibility index (Phi) is 2.02. The third-order valence-corrected chi connectivity index (χ3v) is 2.38. The SMILES string of the molecule is CC.CN1CC2CC2(N)C1. The standard InChI is InChI=1S/C6H12N2.C2H6/c1-8-3-5-2-6(5,7)4-8;1-2/h5H,2-4,7H2,1H3;1-2H3. The minimum Gasteiger partial charge on any atom is -0.324 e. The molecule has 0 aromatic carbocycles. The fraction of sp³-hybridized carbons (Fsp3) is 1.00. The minimum atomic E-state index is 0.259. The summed E-state index contributed by atoms with van der Waals surface area (Å²) in [6.45, 7) is 6.36. The highest BCUT2D eigenvalue weighted by molar-refractivity contribution is 5.14. The first-order valence-electron chi connectivity index (χ1n) is 4.18. The van der Waals surface area contributed by atoms with Crippen LogP contribution in [-0.2, 0) is 0 Å². The molecule has 2 fully saturated rings. The Labute approximate surface area is 63.4 Å². The summed E-state index contributed by atoms with van der Waals surface area (Å²) in [7, 11) is 2.14. The van der Waals surface area contributed by atoms with Gasteiger partial charge in [0.05, 0.1) is 0 Å². The molecular formula is C8H18N2. The second kappa shape index (κ2) is 2.51. The summed E-state index contributed by atoms with van der Waals surface area (Å²) in [6.07, 6.45) is 1.28. The van der Waals surface area contributed by atoms with Crippen LogP contribution < -0.4 is 5.73 Å². The van der Waals surface area contributed by atoms with E-state index >= 15 is 0 Å². The lowest BCUT2D eigenvalue weighted by Gasteiger charge is -2.10. The predicted molar refractivity (Wildman–Crippen MR) is 43.9 cm³/mol. The maximum absolute atomic E-state index is 5.90. The van der Waals surface area contributed by atoms with E-state index in [0.29, 0.717) is 0 Å². The van der Waals surface area contributed by atoms with Crippen LogP contribution in [-0.4, -0.2) is 30.6 Å². The monoisotopic (exact) mass is 142 g/mol. The highest BCUT2D eigenvalue weighted by Crippen LogP contribution is 2.46. The molecule has 0 aromatic rings. The molecule has 0 spiro atoms. The van der Waals surface area contributed by atoms with Gasteiger partial charge in [0.15, 0.2) is 0 Å². The Morgan fingerprint density at radius 2 is 2.10 bits per heavy atom. The number of rotatable bonds is 0. The van der Waals surface area contributed by atoms with Gasteiger partial charge >= 0.3 is 0 Å². The van der Waals surface area contributed by atoms with E-state index in [1.807, 2.05) is 13.8 Å². The largest absolute Gasteiger partial charge is 0.324 e. The van der Waals surface area contributed by atoms with E-state index in [1.165, 1.54) is 13.0 Å². The quantitative estimate of drug-likeness (QED) is 0.539. The molecule has 0 aromatic heterocycles. The molecule has 2 unspecified atom stereocenters. The molecular weight excluding hydrogens is 124 g/mol. The Hall–Kier alpha value is -0.0800. The Morgan fingerprint density at radius 3 is 2.30 bits per heavy atom. The van der Waals surface area contributed by atoms with Crippen LogP contribution in [0.2, 0.25) is 0 Å². The van der Waals surface area contributed by atoms with Crippen molar-refractivity contribution in [2.24, 2.45) is 11.7 Å². The molecule has 1 heterocycles. The zero-order valence-corrected chi connectivity index (χ0v) is 7.22. The molecule has 0 radical (unpaired) electrons. The first-order valence-corrected chi connectivity index (χ1v) is 4.18. The van der Waals surface area contributed by atoms with Gasteiger partial charge in [0.25, 0.3) is 0 Å². The van der Waals surface area contributed by atoms with Crippen molar-refractivity contribution < 1.29 is 0 Å². The molecule has 1 saturated carbocycles. The van der Waals surface area contributed by atoms with Crippen LogP contribution in [0.4, 0.5) is 0 Å². The van der Waals surface area contributed by atoms with Gasteiger partial charge in [0.2, 0.25) is 0 Å². The summed E-state index contributed by atoms with van der Waals surface area (Å²) in [5, 5.41) is 0. The lowest BCUT2D eigenvalue weighted by molar-refractivity contribution is 0.363. The number of piperidine rings is 1. The van der Waals surface area contributed by atoms with E-state index in [4.69, 9.17) is 5.73 Å². The Balaban J connectivity index is 0.000000231. The molecule has 2 heteroatoms. The van der Waals surface area contributed by atoms with Crippen molar-refractivity contribution in [2.75, 3.05) is 20.1 Å². The average Bonchev–Trinajstić information content (AvgIpc) is 2.38. The maximum atomic E-state index is 5.90. The molecule has 1 aliphatic heterocycles. The highest BCUT2D eigenvalue weighted by atomic mass is 15.2. The number of fused-ring (bicyclic) bond motifs is 1. The van der Waals surface area contributed by atoms with Crippen molar-refractivity contribution in [1.82, 2.24) is 4.90 Å². The Bertz CT molecular complexity index is 124. The van der Waals surface area contributed by atoms with Crippen molar-refractivity contribution in [3.8, 4) is 0 Å². The topological polar surface area (TPSA) is 29.3 Å². The minimum absolute atomic E-state index is 0.259. The lowest BCUT2D eigenvalue weighted by Crippen LogP contribution is -2.30. The van der Waals surface area contributed by atoms with Gasteiger partial charge in [0.1, 0.15) is 0 Å². The number of hydrogen-bond acceptors (Lipinski definition) is 2. The van der Waals surface area contributed by atoms with Crippen molar-refractivity contribution >= 4 is 0 Å². The molecule has 0 bridgehead atoms. The molecule has 2 nitrogen and oxygen atoms in total. The summed E-state index contributed by atoms with van der Waals surface area (Å²) in [5.41, 5.74) is 6.16. The summed E-state index contributed by atoms with van der Waals surface area (Å²) < 4.78 is 0. The predicted octanol–water partition coefficient (Wildman–Crippen LogP) is 0.675. The van der Waals surface area contributed by atoms with Gasteiger partial charge in [-0.2, -0.15) is 0 Å². The van der Waals surface area contributed by atoms with Gasteiger partial charge in [0, 0.05) is 18.6 Å². The molecule has 2 aliphatic rings. The first-order chi connectivity index (χ1) is 4.71. The molecule has 60 valence electrons. The van der Waals surface area contributed by atoms with Crippen molar-refractivity contribution in [3.63, 3.8) is 0 Å². The molecule has 1 aliphatic carbocycles. The first kappa shape index (κ1) is 8.02. The van der Waals surface area contributed by atoms with Crippen molar-refractivity contribution in [3.05, 3.63) is 0 Å². The fourth-order valence-electron chi connectivity index (χ4n) is 1.78. The third-order valence-electron chi connectivity index (χ3n) is 2.38. The highest BCUT2D eigenvalue weighted by Gasteiger charge is 2.56. The van der Waals surface area contributed by atoms with Gasteiger partial charge in [-0.25, -0.2) is 0 Å². The molecule has 2 N–H and O–H groups in total. The fourth-order valence-corrected chi connectivity index (χ4v) is 1.78. The number of nitrogens with zero attached hydrogens (tertiary/aromatic N) is 1. The molecule has 10 heavy (non-hydrogen) atoms. The zero-order valence-electron chi connectivity index (χ0n) is 7.22. The van der Waals surface area contributed by atoms with E-state index in [-0.39, 0.29) is 5.54 Å². The normalized spacial score (nSPS) is 43.8. The van der Waals surface area contributed by atoms with Crippen LogP contribution in [0.5, 0.6) is 0 Å². The smallest absolute Gasteiger partial charge is 0.0328 e. The Morgan fingerprint density at radius 1 is 1.50 bits per heavy atom. The van der Waals surface area contributed by atoms with Crippen molar-refractivity contribution in [2.45, 2.75) is 25.8 Å². The number of likely N-dealkylation sites (tertiary alicyclic amines) is 1. The summed E-state index contributed by atoms with van der Waals surface area (Å²) in [4.78, 5) is 2.31. The van der Waals surface area contributed by atoms with Gasteiger partial charge in [-0.05, 0) is 19.4 Å². The summed E-state index contributed by atoms with van der Waals surface area (Å²) in [5.74, 6) is 0.840. The van der Waals surface area contributed by atoms with Crippen LogP contribution in [0.15, 0.2) is 0 Å². The van der Waals surface area contributed by atoms with Gasteiger partial charge in [-0.3, -0.25) is 0 Å². The number of nitrogens with two attached hydrogens (primary N) is 1. The maximum Gasteiger partial charge on any atom is 0.0328 e. The van der Waals surface area contributed by atoms with E-state index in [2.05, 4.69) is 11.9 Å². The number of hydrogen-bond donors (Lipinski definition) is 1. The van der Waals surface area contributed by atoms with Gasteiger partial charge in [-0.15, -0.1) is 0 Å². The molecule has 2 atom stereocenters. The van der Waals surface area contributed by atoms with Gasteiger partial charge in [-0.1, -0.05) is 13.8 Å². The number of likely N-dealkylation sites (N-methyl/N-ethyl adjacent to an activating group) is 1. The summed E-state index contributed by atoms with van der Waals surface area (Å²) >= 11 is 0. The van der Waals surface area contributed by atoms with E-state index in [0.717, 1.165) is 12.5 Å². The van der Waals surface area contributed by atoms with Crippen LogP contribution in [0.1, 0.15) is 20.3 Å². The molecule has 2 rings (SSSR count). The van der Waals surface area contributed by atoms with Gasteiger partial charge < -0.3 is 10.6 Å². The van der Waals surface area contributed by atoms with Crippen molar-refractivity contribution in [1.29, 1.82) is 0 Å². The van der Waals surface area contributed by atoms with Crippen LogP contribution in [0.3, 0.4) is 0 Å². The summed E-state index contributed by atoms with van der Waals surface area (Å²) in [6, 6.07) is 0. The molecule has 1 saturated heterocycles. The van der Waals surface area contributed by atoms with E-state index in [1.54, 1.807) is 0 Å². The van der Waals surface area contributed by atoms with Crippen LogP contribution in [0, 0.1) is 5.92 Å². The second-order valence-corrected chi connectivity index (χ2v) is 3.33. The van der Waals surface area contributed by atoms with E-state index in [9.17, 15) is 0 Å². The van der Waals surface area contributed by atoms with Crippen LogP contribution >= 0.6 is 0 Å². The second-order valence-electron chi connectivity index (χ2n) is 3.33. The van der Waals surface area contributed by atoms with E-state index < -0.39 is 0 Å². The molecule has 0 amide bonds.